The SMILES string of the molecule is Cc1ccc2c3oc(=O)c(Sc4cccc(F)c4)c(O)c3c(=O)n(Cc3ccccc3)c2c1. The van der Waals surface area contributed by atoms with E-state index in [1.54, 1.807) is 16.7 Å². The third-order valence-corrected chi connectivity index (χ3v) is 6.46. The molecule has 2 heterocycles. The molecule has 0 unspecified atom stereocenters. The van der Waals surface area contributed by atoms with Gasteiger partial charge in [-0.05, 0) is 48.4 Å². The molecular weight excluding hydrogens is 441 g/mol. The second-order valence-electron chi connectivity index (χ2n) is 7.73. The predicted molar refractivity (Wildman–Crippen MR) is 127 cm³/mol. The number of fused-ring (bicyclic) bond motifs is 3. The van der Waals surface area contributed by atoms with Gasteiger partial charge in [0.1, 0.15) is 16.1 Å². The Kier molecular flexibility index (Phi) is 5.26. The van der Waals surface area contributed by atoms with E-state index in [2.05, 4.69) is 0 Å². The van der Waals surface area contributed by atoms with E-state index in [9.17, 15) is 19.1 Å². The van der Waals surface area contributed by atoms with Gasteiger partial charge >= 0.3 is 5.63 Å². The van der Waals surface area contributed by atoms with Crippen molar-refractivity contribution in [2.24, 2.45) is 0 Å². The van der Waals surface area contributed by atoms with Crippen LogP contribution < -0.4 is 11.2 Å². The van der Waals surface area contributed by atoms with Gasteiger partial charge in [0.2, 0.25) is 0 Å². The zero-order valence-electron chi connectivity index (χ0n) is 17.5. The summed E-state index contributed by atoms with van der Waals surface area (Å²) in [5.41, 5.74) is 1.21. The molecule has 0 bridgehead atoms. The standard InChI is InChI=1S/C26H18FNO4S/c1-15-10-11-19-20(12-15)28(14-16-6-3-2-4-7-16)25(30)21-22(29)24(26(31)32-23(19)21)33-18-9-5-8-17(27)13-18/h2-13,29H,14H2,1H3. The first-order chi connectivity index (χ1) is 15.9. The Morgan fingerprint density at radius 2 is 1.79 bits per heavy atom. The molecule has 5 nitrogen and oxygen atoms in total. The lowest BCUT2D eigenvalue weighted by Crippen LogP contribution is -2.23. The number of halogens is 1. The lowest BCUT2D eigenvalue weighted by atomic mass is 10.1. The second kappa shape index (κ2) is 8.26. The van der Waals surface area contributed by atoms with Crippen molar-refractivity contribution in [2.45, 2.75) is 23.3 Å². The van der Waals surface area contributed by atoms with Crippen LogP contribution in [0.15, 0.2) is 96.6 Å². The molecule has 5 rings (SSSR count). The molecular formula is C26H18FNO4S. The molecule has 0 radical (unpaired) electrons. The van der Waals surface area contributed by atoms with Crippen molar-refractivity contribution in [3.63, 3.8) is 0 Å². The smallest absolute Gasteiger partial charge is 0.354 e. The average molecular weight is 459 g/mol. The van der Waals surface area contributed by atoms with Crippen LogP contribution in [0.2, 0.25) is 0 Å². The van der Waals surface area contributed by atoms with Gasteiger partial charge in [-0.15, -0.1) is 0 Å². The number of pyridine rings is 1. The van der Waals surface area contributed by atoms with Gasteiger partial charge in [-0.1, -0.05) is 54.2 Å². The van der Waals surface area contributed by atoms with Crippen LogP contribution in [0.4, 0.5) is 4.39 Å². The normalized spacial score (nSPS) is 11.3. The summed E-state index contributed by atoms with van der Waals surface area (Å²) in [5.74, 6) is -0.943. The molecule has 33 heavy (non-hydrogen) atoms. The Morgan fingerprint density at radius 1 is 1.00 bits per heavy atom. The third-order valence-electron chi connectivity index (χ3n) is 5.41. The molecule has 7 heteroatoms. The molecule has 0 atom stereocenters. The molecule has 164 valence electrons. The Balaban J connectivity index is 1.81. The number of aryl methyl sites for hydroxylation is 1. The highest BCUT2D eigenvalue weighted by atomic mass is 32.2. The summed E-state index contributed by atoms with van der Waals surface area (Å²) in [4.78, 5) is 26.6. The van der Waals surface area contributed by atoms with Crippen LogP contribution in [0.25, 0.3) is 21.9 Å². The van der Waals surface area contributed by atoms with Crippen molar-refractivity contribution < 1.29 is 13.9 Å². The summed E-state index contributed by atoms with van der Waals surface area (Å²) in [6.07, 6.45) is 0. The van der Waals surface area contributed by atoms with Crippen LogP contribution >= 0.6 is 11.8 Å². The Morgan fingerprint density at radius 3 is 2.55 bits per heavy atom. The predicted octanol–water partition coefficient (Wildman–Crippen LogP) is 5.46. The first-order valence-electron chi connectivity index (χ1n) is 10.2. The quantitative estimate of drug-likeness (QED) is 0.361. The second-order valence-corrected chi connectivity index (χ2v) is 8.81. The lowest BCUT2D eigenvalue weighted by molar-refractivity contribution is 0.446. The zero-order chi connectivity index (χ0) is 23.1. The van der Waals surface area contributed by atoms with E-state index in [-0.39, 0.29) is 22.4 Å². The van der Waals surface area contributed by atoms with E-state index in [0.717, 1.165) is 22.9 Å². The fourth-order valence-electron chi connectivity index (χ4n) is 3.86. The maximum atomic E-state index is 13.6. The molecule has 0 fully saturated rings. The molecule has 1 N–H and O–H groups in total. The molecule has 0 aliphatic rings. The number of hydrogen-bond donors (Lipinski definition) is 1. The van der Waals surface area contributed by atoms with Crippen molar-refractivity contribution >= 4 is 33.6 Å². The number of aromatic hydroxyl groups is 1. The highest BCUT2D eigenvalue weighted by molar-refractivity contribution is 7.99. The fourth-order valence-corrected chi connectivity index (χ4v) is 4.74. The van der Waals surface area contributed by atoms with Crippen LogP contribution in [-0.4, -0.2) is 9.67 Å². The van der Waals surface area contributed by atoms with Gasteiger partial charge in [0.25, 0.3) is 5.56 Å². The Labute approximate surface area is 191 Å². The van der Waals surface area contributed by atoms with Gasteiger partial charge in [0, 0.05) is 10.3 Å². The summed E-state index contributed by atoms with van der Waals surface area (Å²) in [6, 6.07) is 20.6. The van der Waals surface area contributed by atoms with Crippen LogP contribution in [0.1, 0.15) is 11.1 Å². The molecule has 3 aromatic carbocycles. The van der Waals surface area contributed by atoms with Crippen LogP contribution in [0.5, 0.6) is 5.75 Å². The lowest BCUT2D eigenvalue weighted by Gasteiger charge is -2.15. The van der Waals surface area contributed by atoms with E-state index < -0.39 is 22.8 Å². The first-order valence-corrected chi connectivity index (χ1v) is 11.0. The van der Waals surface area contributed by atoms with Crippen molar-refractivity contribution in [3.05, 3.63) is 111 Å². The van der Waals surface area contributed by atoms with Crippen LogP contribution in [0, 0.1) is 12.7 Å². The highest BCUT2D eigenvalue weighted by Crippen LogP contribution is 2.37. The Bertz CT molecular complexity index is 1640. The monoisotopic (exact) mass is 459 g/mol. The number of benzene rings is 3. The number of aromatic nitrogens is 1. The topological polar surface area (TPSA) is 72.4 Å². The summed E-state index contributed by atoms with van der Waals surface area (Å²) >= 11 is 0.852. The minimum Gasteiger partial charge on any atom is -0.505 e. The number of hydrogen-bond acceptors (Lipinski definition) is 5. The summed E-state index contributed by atoms with van der Waals surface area (Å²) in [6.45, 7) is 2.19. The minimum absolute atomic E-state index is 0.0328. The Hall–Kier alpha value is -3.84. The molecule has 0 saturated heterocycles. The van der Waals surface area contributed by atoms with Crippen molar-refractivity contribution in [2.75, 3.05) is 0 Å². The molecule has 0 amide bonds. The highest BCUT2D eigenvalue weighted by Gasteiger charge is 2.22. The van der Waals surface area contributed by atoms with E-state index in [1.807, 2.05) is 49.4 Å². The van der Waals surface area contributed by atoms with Crippen LogP contribution in [0.3, 0.4) is 0 Å². The van der Waals surface area contributed by atoms with Gasteiger partial charge in [0.15, 0.2) is 11.3 Å². The maximum absolute atomic E-state index is 13.6. The van der Waals surface area contributed by atoms with Crippen molar-refractivity contribution in [1.29, 1.82) is 0 Å². The van der Waals surface area contributed by atoms with E-state index in [0.29, 0.717) is 15.8 Å². The molecule has 0 aliphatic carbocycles. The van der Waals surface area contributed by atoms with Gasteiger partial charge in [-0.25, -0.2) is 9.18 Å². The van der Waals surface area contributed by atoms with E-state index >= 15 is 0 Å². The maximum Gasteiger partial charge on any atom is 0.354 e. The molecule has 0 aliphatic heterocycles. The van der Waals surface area contributed by atoms with Gasteiger partial charge in [-0.3, -0.25) is 4.79 Å². The average Bonchev–Trinajstić information content (AvgIpc) is 2.80. The summed E-state index contributed by atoms with van der Waals surface area (Å²) in [7, 11) is 0. The van der Waals surface area contributed by atoms with E-state index in [4.69, 9.17) is 4.42 Å². The minimum atomic E-state index is -0.795. The summed E-state index contributed by atoms with van der Waals surface area (Å²) < 4.78 is 20.8. The first kappa shape index (κ1) is 21.0. The van der Waals surface area contributed by atoms with Crippen molar-refractivity contribution in [3.8, 4) is 5.75 Å². The molecule has 5 aromatic rings. The molecule has 2 aromatic heterocycles. The van der Waals surface area contributed by atoms with E-state index in [1.165, 1.54) is 18.2 Å². The molecule has 0 spiro atoms. The van der Waals surface area contributed by atoms with Gasteiger partial charge in [-0.2, -0.15) is 0 Å². The summed E-state index contributed by atoms with van der Waals surface area (Å²) in [5, 5.41) is 11.5. The van der Waals surface area contributed by atoms with Crippen molar-refractivity contribution in [1.82, 2.24) is 4.57 Å². The van der Waals surface area contributed by atoms with Gasteiger partial charge in [0.05, 0.1) is 12.1 Å². The zero-order valence-corrected chi connectivity index (χ0v) is 18.4. The number of nitrogens with zero attached hydrogens (tertiary/aromatic N) is 1. The van der Waals surface area contributed by atoms with Gasteiger partial charge < -0.3 is 14.1 Å². The fraction of sp³-hybridized carbons (Fsp3) is 0.0769. The third kappa shape index (κ3) is 3.81. The largest absolute Gasteiger partial charge is 0.505 e. The molecule has 0 saturated carbocycles. The van der Waals surface area contributed by atoms with Crippen LogP contribution in [-0.2, 0) is 6.54 Å². The number of rotatable bonds is 4.